The number of nitrogens with one attached hydrogen (secondary N) is 1. The van der Waals surface area contributed by atoms with Crippen LogP contribution in [0, 0.1) is 5.92 Å². The van der Waals surface area contributed by atoms with Crippen LogP contribution in [0.1, 0.15) is 38.3 Å². The maximum atomic E-state index is 3.39. The molecule has 0 aliphatic rings. The van der Waals surface area contributed by atoms with Crippen molar-refractivity contribution in [2.24, 2.45) is 5.92 Å². The van der Waals surface area contributed by atoms with E-state index in [9.17, 15) is 0 Å². The molecule has 0 radical (unpaired) electrons. The van der Waals surface area contributed by atoms with E-state index >= 15 is 0 Å². The Bertz CT molecular complexity index is 278. The molecule has 1 N–H and O–H groups in total. The summed E-state index contributed by atoms with van der Waals surface area (Å²) in [4.78, 5) is 0. The maximum absolute atomic E-state index is 3.39. The number of rotatable bonds is 6. The van der Waals surface area contributed by atoms with E-state index in [4.69, 9.17) is 0 Å². The minimum Gasteiger partial charge on any atom is -0.313 e. The van der Waals surface area contributed by atoms with Gasteiger partial charge in [0.25, 0.3) is 0 Å². The molecular weight excluding hydrogens is 182 g/mol. The molecule has 0 aliphatic carbocycles. The van der Waals surface area contributed by atoms with Crippen molar-refractivity contribution in [1.29, 1.82) is 0 Å². The fourth-order valence-corrected chi connectivity index (χ4v) is 1.68. The molecule has 0 saturated carbocycles. The van der Waals surface area contributed by atoms with Crippen LogP contribution >= 0.6 is 0 Å². The average Bonchev–Trinajstić information content (AvgIpc) is 2.24. The van der Waals surface area contributed by atoms with Crippen LogP contribution in [0.3, 0.4) is 0 Å². The van der Waals surface area contributed by atoms with Gasteiger partial charge in [-0.3, -0.25) is 0 Å². The Hall–Kier alpha value is -0.820. The Morgan fingerprint density at radius 2 is 1.80 bits per heavy atom. The highest BCUT2D eigenvalue weighted by atomic mass is 14.8. The second-order valence-electron chi connectivity index (χ2n) is 4.48. The zero-order chi connectivity index (χ0) is 11.1. The van der Waals surface area contributed by atoms with Crippen LogP contribution in [-0.4, -0.2) is 6.54 Å². The Morgan fingerprint density at radius 1 is 1.13 bits per heavy atom. The van der Waals surface area contributed by atoms with Gasteiger partial charge in [0.2, 0.25) is 0 Å². The van der Waals surface area contributed by atoms with E-state index in [0.29, 0.717) is 0 Å². The number of benzene rings is 1. The summed E-state index contributed by atoms with van der Waals surface area (Å²) in [5.74, 6) is 0.789. The monoisotopic (exact) mass is 205 g/mol. The molecule has 0 heterocycles. The molecule has 0 aromatic heterocycles. The smallest absolute Gasteiger partial charge is 0.0208 e. The molecule has 0 unspecified atom stereocenters. The summed E-state index contributed by atoms with van der Waals surface area (Å²) in [6.45, 7) is 8.76. The molecule has 1 aromatic rings. The highest BCUT2D eigenvalue weighted by Crippen LogP contribution is 2.13. The summed E-state index contributed by atoms with van der Waals surface area (Å²) in [6.07, 6.45) is 2.49. The van der Waals surface area contributed by atoms with Crippen LogP contribution in [0.4, 0.5) is 0 Å². The average molecular weight is 205 g/mol. The van der Waals surface area contributed by atoms with Gasteiger partial charge in [0.15, 0.2) is 0 Å². The van der Waals surface area contributed by atoms with Crippen LogP contribution in [0.25, 0.3) is 0 Å². The zero-order valence-electron chi connectivity index (χ0n) is 10.2. The third-order valence-electron chi connectivity index (χ3n) is 2.67. The standard InChI is InChI=1S/C14H23N/c1-4-15-11-14-8-6-5-7-13(14)10-9-12(2)3/h5-8,12,15H,4,9-11H2,1-3H3. The van der Waals surface area contributed by atoms with Gasteiger partial charge in [-0.2, -0.15) is 0 Å². The van der Waals surface area contributed by atoms with Gasteiger partial charge < -0.3 is 5.32 Å². The van der Waals surface area contributed by atoms with Crippen molar-refractivity contribution in [2.45, 2.75) is 40.2 Å². The quantitative estimate of drug-likeness (QED) is 0.750. The molecule has 0 aliphatic heterocycles. The Morgan fingerprint density at radius 3 is 2.40 bits per heavy atom. The highest BCUT2D eigenvalue weighted by molar-refractivity contribution is 5.27. The molecular formula is C14H23N. The predicted octanol–water partition coefficient (Wildman–Crippen LogP) is 3.38. The van der Waals surface area contributed by atoms with Crippen LogP contribution in [0.5, 0.6) is 0 Å². The van der Waals surface area contributed by atoms with E-state index in [1.807, 2.05) is 0 Å². The van der Waals surface area contributed by atoms with Gasteiger partial charge in [-0.25, -0.2) is 0 Å². The summed E-state index contributed by atoms with van der Waals surface area (Å²) in [5, 5.41) is 3.39. The minimum absolute atomic E-state index is 0.789. The van der Waals surface area contributed by atoms with E-state index in [0.717, 1.165) is 19.0 Å². The van der Waals surface area contributed by atoms with E-state index in [1.54, 1.807) is 0 Å². The van der Waals surface area contributed by atoms with Crippen molar-refractivity contribution in [3.8, 4) is 0 Å². The third-order valence-corrected chi connectivity index (χ3v) is 2.67. The zero-order valence-corrected chi connectivity index (χ0v) is 10.2. The lowest BCUT2D eigenvalue weighted by Gasteiger charge is -2.11. The van der Waals surface area contributed by atoms with Crippen LogP contribution < -0.4 is 5.32 Å². The fourth-order valence-electron chi connectivity index (χ4n) is 1.68. The van der Waals surface area contributed by atoms with E-state index < -0.39 is 0 Å². The summed E-state index contributed by atoms with van der Waals surface area (Å²) < 4.78 is 0. The number of hydrogen-bond acceptors (Lipinski definition) is 1. The van der Waals surface area contributed by atoms with Crippen molar-refractivity contribution >= 4 is 0 Å². The largest absolute Gasteiger partial charge is 0.313 e. The first-order valence-corrected chi connectivity index (χ1v) is 6.01. The molecule has 0 bridgehead atoms. The fraction of sp³-hybridized carbons (Fsp3) is 0.571. The molecule has 1 rings (SSSR count). The summed E-state index contributed by atoms with van der Waals surface area (Å²) >= 11 is 0. The molecule has 0 amide bonds. The third kappa shape index (κ3) is 4.48. The van der Waals surface area contributed by atoms with E-state index in [1.165, 1.54) is 24.0 Å². The second-order valence-corrected chi connectivity index (χ2v) is 4.48. The van der Waals surface area contributed by atoms with Crippen LogP contribution in [0.15, 0.2) is 24.3 Å². The van der Waals surface area contributed by atoms with E-state index in [-0.39, 0.29) is 0 Å². The lowest BCUT2D eigenvalue weighted by atomic mass is 9.98. The summed E-state index contributed by atoms with van der Waals surface area (Å²) in [6, 6.07) is 8.77. The number of hydrogen-bond donors (Lipinski definition) is 1. The lowest BCUT2D eigenvalue weighted by molar-refractivity contribution is 0.583. The maximum Gasteiger partial charge on any atom is 0.0208 e. The summed E-state index contributed by atoms with van der Waals surface area (Å²) in [5.41, 5.74) is 2.96. The molecule has 0 fully saturated rings. The molecule has 0 atom stereocenters. The van der Waals surface area contributed by atoms with Crippen molar-refractivity contribution in [1.82, 2.24) is 5.32 Å². The van der Waals surface area contributed by atoms with Gasteiger partial charge in [0.05, 0.1) is 0 Å². The molecule has 15 heavy (non-hydrogen) atoms. The molecule has 1 nitrogen and oxygen atoms in total. The molecule has 0 saturated heterocycles. The van der Waals surface area contributed by atoms with E-state index in [2.05, 4.69) is 50.4 Å². The summed E-state index contributed by atoms with van der Waals surface area (Å²) in [7, 11) is 0. The Balaban J connectivity index is 2.59. The van der Waals surface area contributed by atoms with Gasteiger partial charge in [-0.15, -0.1) is 0 Å². The van der Waals surface area contributed by atoms with Crippen LogP contribution in [-0.2, 0) is 13.0 Å². The molecule has 84 valence electrons. The second kappa shape index (κ2) is 6.62. The first-order chi connectivity index (χ1) is 7.24. The highest BCUT2D eigenvalue weighted by Gasteiger charge is 2.02. The van der Waals surface area contributed by atoms with Crippen molar-refractivity contribution < 1.29 is 0 Å². The first-order valence-electron chi connectivity index (χ1n) is 6.01. The van der Waals surface area contributed by atoms with Gasteiger partial charge in [0, 0.05) is 6.54 Å². The topological polar surface area (TPSA) is 12.0 Å². The SMILES string of the molecule is CCNCc1ccccc1CCC(C)C. The Labute approximate surface area is 93.9 Å². The first kappa shape index (κ1) is 12.3. The predicted molar refractivity (Wildman–Crippen MR) is 67.0 cm³/mol. The molecule has 1 aromatic carbocycles. The lowest BCUT2D eigenvalue weighted by Crippen LogP contribution is -2.13. The van der Waals surface area contributed by atoms with Gasteiger partial charge in [-0.1, -0.05) is 45.0 Å². The van der Waals surface area contributed by atoms with Gasteiger partial charge in [0.1, 0.15) is 0 Å². The minimum atomic E-state index is 0.789. The molecule has 0 spiro atoms. The normalized spacial score (nSPS) is 10.9. The molecule has 1 heteroatoms. The van der Waals surface area contributed by atoms with Gasteiger partial charge >= 0.3 is 0 Å². The van der Waals surface area contributed by atoms with Crippen LogP contribution in [0.2, 0.25) is 0 Å². The number of aryl methyl sites for hydroxylation is 1. The Kier molecular flexibility index (Phi) is 5.41. The van der Waals surface area contributed by atoms with Crippen molar-refractivity contribution in [2.75, 3.05) is 6.54 Å². The van der Waals surface area contributed by atoms with Gasteiger partial charge in [-0.05, 0) is 36.4 Å². The van der Waals surface area contributed by atoms with Crippen molar-refractivity contribution in [3.05, 3.63) is 35.4 Å². The van der Waals surface area contributed by atoms with Crippen molar-refractivity contribution in [3.63, 3.8) is 0 Å².